The van der Waals surface area contributed by atoms with Crippen LogP contribution in [-0.4, -0.2) is 12.5 Å². The molecule has 0 aliphatic heterocycles. The number of carbonyl (C=O) groups is 1. The van der Waals surface area contributed by atoms with Crippen LogP contribution in [-0.2, 0) is 4.79 Å². The maximum absolute atomic E-state index is 12.4. The SMILES string of the molecule is CCCCCCCC/C=C\CCCCCCCCCC(C)C(C)(C)C(=O)NNCCC.Cl. The lowest BCUT2D eigenvalue weighted by molar-refractivity contribution is -0.133. The molecule has 0 radical (unpaired) electrons. The fraction of sp³-hybridized carbons (Fsp3) is 0.893. The molecule has 0 fully saturated rings. The molecule has 0 aromatic heterocycles. The summed E-state index contributed by atoms with van der Waals surface area (Å²) >= 11 is 0. The van der Waals surface area contributed by atoms with E-state index in [9.17, 15) is 4.79 Å². The van der Waals surface area contributed by atoms with Crippen molar-refractivity contribution in [2.75, 3.05) is 6.54 Å². The van der Waals surface area contributed by atoms with Crippen molar-refractivity contribution in [2.24, 2.45) is 11.3 Å². The van der Waals surface area contributed by atoms with Crippen molar-refractivity contribution < 1.29 is 4.79 Å². The van der Waals surface area contributed by atoms with Gasteiger partial charge in [0.2, 0.25) is 5.91 Å². The third kappa shape index (κ3) is 19.0. The fourth-order valence-corrected chi connectivity index (χ4v) is 3.89. The van der Waals surface area contributed by atoms with Gasteiger partial charge < -0.3 is 0 Å². The van der Waals surface area contributed by atoms with Gasteiger partial charge in [0.1, 0.15) is 0 Å². The zero-order valence-corrected chi connectivity index (χ0v) is 23.1. The molecule has 1 unspecified atom stereocenters. The molecule has 3 nitrogen and oxygen atoms in total. The number of carbonyl (C=O) groups excluding carboxylic acids is 1. The molecule has 0 aliphatic carbocycles. The molecule has 2 N–H and O–H groups in total. The van der Waals surface area contributed by atoms with Crippen molar-refractivity contribution in [2.45, 2.75) is 144 Å². The summed E-state index contributed by atoms with van der Waals surface area (Å²) in [7, 11) is 0. The Morgan fingerprint density at radius 2 is 1.22 bits per heavy atom. The number of hydrogen-bond acceptors (Lipinski definition) is 2. The lowest BCUT2D eigenvalue weighted by Crippen LogP contribution is -2.47. The molecule has 192 valence electrons. The number of nitrogens with one attached hydrogen (secondary N) is 2. The second kappa shape index (κ2) is 23.6. The van der Waals surface area contributed by atoms with E-state index >= 15 is 0 Å². The van der Waals surface area contributed by atoms with Crippen LogP contribution >= 0.6 is 12.4 Å². The summed E-state index contributed by atoms with van der Waals surface area (Å²) < 4.78 is 0. The average molecular weight is 473 g/mol. The fourth-order valence-electron chi connectivity index (χ4n) is 3.89. The monoisotopic (exact) mass is 472 g/mol. The van der Waals surface area contributed by atoms with Crippen LogP contribution in [0.3, 0.4) is 0 Å². The van der Waals surface area contributed by atoms with E-state index in [1.54, 1.807) is 0 Å². The highest BCUT2D eigenvalue weighted by molar-refractivity contribution is 5.85. The molecular formula is C28H57ClN2O. The predicted molar refractivity (Wildman–Crippen MR) is 145 cm³/mol. The Kier molecular flexibility index (Phi) is 24.8. The van der Waals surface area contributed by atoms with Crippen LogP contribution in [0.15, 0.2) is 12.2 Å². The van der Waals surface area contributed by atoms with E-state index in [2.05, 4.69) is 57.6 Å². The highest BCUT2D eigenvalue weighted by Gasteiger charge is 2.33. The summed E-state index contributed by atoms with van der Waals surface area (Å²) in [4.78, 5) is 12.4. The molecule has 0 heterocycles. The Morgan fingerprint density at radius 1 is 0.750 bits per heavy atom. The Balaban J connectivity index is 0. The number of amides is 1. The Hall–Kier alpha value is -0.540. The third-order valence-corrected chi connectivity index (χ3v) is 6.79. The molecule has 0 bridgehead atoms. The molecule has 0 spiro atoms. The second-order valence-corrected chi connectivity index (χ2v) is 10.1. The molecule has 4 heteroatoms. The quantitative estimate of drug-likeness (QED) is 0.0937. The van der Waals surface area contributed by atoms with Gasteiger partial charge in [-0.3, -0.25) is 10.2 Å². The summed E-state index contributed by atoms with van der Waals surface area (Å²) in [5, 5.41) is 0. The molecule has 0 aromatic rings. The molecule has 1 amide bonds. The van der Waals surface area contributed by atoms with Crippen molar-refractivity contribution in [3.05, 3.63) is 12.2 Å². The zero-order chi connectivity index (χ0) is 23.2. The van der Waals surface area contributed by atoms with Gasteiger partial charge in [0.05, 0.1) is 0 Å². The van der Waals surface area contributed by atoms with Crippen LogP contribution in [0, 0.1) is 11.3 Å². The molecule has 0 aromatic carbocycles. The molecule has 1 atom stereocenters. The van der Waals surface area contributed by atoms with Gasteiger partial charge in [-0.1, -0.05) is 117 Å². The van der Waals surface area contributed by atoms with Crippen molar-refractivity contribution in [1.29, 1.82) is 0 Å². The molecule has 0 saturated heterocycles. The van der Waals surface area contributed by atoms with Gasteiger partial charge in [0.15, 0.2) is 0 Å². The van der Waals surface area contributed by atoms with Crippen LogP contribution in [0.5, 0.6) is 0 Å². The third-order valence-electron chi connectivity index (χ3n) is 6.79. The van der Waals surface area contributed by atoms with Crippen molar-refractivity contribution in [1.82, 2.24) is 10.9 Å². The van der Waals surface area contributed by atoms with Gasteiger partial charge >= 0.3 is 0 Å². The smallest absolute Gasteiger partial charge is 0.239 e. The number of hydrazine groups is 1. The lowest BCUT2D eigenvalue weighted by Gasteiger charge is -2.30. The van der Waals surface area contributed by atoms with Gasteiger partial charge in [-0.15, -0.1) is 12.4 Å². The number of allylic oxidation sites excluding steroid dienone is 2. The molecule has 0 saturated carbocycles. The predicted octanol–water partition coefficient (Wildman–Crippen LogP) is 8.92. The minimum absolute atomic E-state index is 0. The standard InChI is InChI=1S/C28H56N2O.ClH/c1-6-8-9-10-11-12-13-14-15-16-17-18-19-20-21-22-23-24-26(3)28(4,5)27(31)30-29-25-7-2;/h14-15,26,29H,6-13,16-25H2,1-5H3,(H,30,31);1H/b15-14-;. The topological polar surface area (TPSA) is 41.1 Å². The first-order valence-corrected chi connectivity index (χ1v) is 13.6. The Labute approximate surface area is 207 Å². The first-order chi connectivity index (χ1) is 15.0. The first-order valence-electron chi connectivity index (χ1n) is 13.6. The number of halogens is 1. The first kappa shape index (κ1) is 33.6. The number of unbranched alkanes of at least 4 members (excludes halogenated alkanes) is 13. The summed E-state index contributed by atoms with van der Waals surface area (Å²) in [5.74, 6) is 0.522. The zero-order valence-electron chi connectivity index (χ0n) is 22.3. The summed E-state index contributed by atoms with van der Waals surface area (Å²) in [6.07, 6.45) is 27.2. The van der Waals surface area contributed by atoms with Gasteiger partial charge in [0, 0.05) is 12.0 Å². The van der Waals surface area contributed by atoms with Crippen molar-refractivity contribution in [3.8, 4) is 0 Å². The largest absolute Gasteiger partial charge is 0.291 e. The maximum Gasteiger partial charge on any atom is 0.239 e. The van der Waals surface area contributed by atoms with E-state index in [0.717, 1.165) is 19.4 Å². The van der Waals surface area contributed by atoms with Crippen LogP contribution in [0.1, 0.15) is 144 Å². The highest BCUT2D eigenvalue weighted by Crippen LogP contribution is 2.31. The van der Waals surface area contributed by atoms with E-state index < -0.39 is 0 Å². The van der Waals surface area contributed by atoms with Crippen LogP contribution in [0.2, 0.25) is 0 Å². The minimum atomic E-state index is -0.316. The van der Waals surface area contributed by atoms with Gasteiger partial charge in [-0.05, 0) is 44.4 Å². The van der Waals surface area contributed by atoms with Crippen LogP contribution < -0.4 is 10.9 Å². The van der Waals surface area contributed by atoms with E-state index in [-0.39, 0.29) is 23.7 Å². The van der Waals surface area contributed by atoms with Crippen LogP contribution in [0.25, 0.3) is 0 Å². The van der Waals surface area contributed by atoms with E-state index in [1.165, 1.54) is 96.3 Å². The maximum atomic E-state index is 12.4. The average Bonchev–Trinajstić information content (AvgIpc) is 2.75. The van der Waals surface area contributed by atoms with Crippen molar-refractivity contribution in [3.63, 3.8) is 0 Å². The minimum Gasteiger partial charge on any atom is -0.291 e. The highest BCUT2D eigenvalue weighted by atomic mass is 35.5. The van der Waals surface area contributed by atoms with E-state index in [4.69, 9.17) is 0 Å². The lowest BCUT2D eigenvalue weighted by atomic mass is 9.76. The Morgan fingerprint density at radius 3 is 1.72 bits per heavy atom. The second-order valence-electron chi connectivity index (χ2n) is 10.1. The molecule has 0 rings (SSSR count). The van der Waals surface area contributed by atoms with E-state index in [0.29, 0.717) is 5.92 Å². The van der Waals surface area contributed by atoms with Gasteiger partial charge in [-0.25, -0.2) is 5.43 Å². The normalized spacial score (nSPS) is 12.7. The summed E-state index contributed by atoms with van der Waals surface area (Å²) in [5.41, 5.74) is 5.57. The summed E-state index contributed by atoms with van der Waals surface area (Å²) in [6, 6.07) is 0. The van der Waals surface area contributed by atoms with Gasteiger partial charge in [0.25, 0.3) is 0 Å². The molecule has 32 heavy (non-hydrogen) atoms. The van der Waals surface area contributed by atoms with E-state index in [1.807, 2.05) is 0 Å². The molecule has 0 aliphatic rings. The summed E-state index contributed by atoms with van der Waals surface area (Å²) in [6.45, 7) is 11.6. The van der Waals surface area contributed by atoms with Crippen molar-refractivity contribution >= 4 is 18.3 Å². The van der Waals surface area contributed by atoms with Crippen LogP contribution in [0.4, 0.5) is 0 Å². The molecular weight excluding hydrogens is 416 g/mol. The Bertz CT molecular complexity index is 437. The number of hydrogen-bond donors (Lipinski definition) is 2. The number of rotatable bonds is 22. The van der Waals surface area contributed by atoms with Gasteiger partial charge in [-0.2, -0.15) is 0 Å².